The van der Waals surface area contributed by atoms with Gasteiger partial charge in [0.2, 0.25) is 0 Å². The van der Waals surface area contributed by atoms with Crippen LogP contribution in [0.1, 0.15) is 99.1 Å². The van der Waals surface area contributed by atoms with E-state index in [0.29, 0.717) is 5.92 Å². The average Bonchev–Trinajstić information content (AvgIpc) is 3.54. The first-order chi connectivity index (χ1) is 22.9. The molecule has 1 N–H and O–H groups in total. The van der Waals surface area contributed by atoms with Crippen molar-refractivity contribution in [1.82, 2.24) is 4.98 Å². The van der Waals surface area contributed by atoms with Crippen molar-refractivity contribution < 1.29 is 34.4 Å². The second-order valence-corrected chi connectivity index (χ2v) is 14.4. The third-order valence-electron chi connectivity index (χ3n) is 9.26. The smallest absolute Gasteiger partial charge is 0.162 e. The maximum absolute atomic E-state index is 11.7. The zero-order valence-electron chi connectivity index (χ0n) is 30.8. The molecule has 0 spiro atoms. The first kappa shape index (κ1) is 39.9. The standard InChI is InChI=1S/C31H30NO.C13H24O2.Ir/c1-20(2)16-21-10-12-22(13-11-21)26-19-29(32-28-14-15-33-30(26)28)24-17-23-8-6-7-9-25(23)27(18-24)31(3,4)5;1-5-10(6-2)12(14)9-13(15)11(7-3)8-4;/h6-15,18-20H,16H2,1-5H3;9-11,14H,5-8H2,1-4H3;/q-1;;/b;12-9-;. The molecule has 5 aromatic rings. The molecule has 0 bridgehead atoms. The molecule has 5 heteroatoms. The first-order valence-corrected chi connectivity index (χ1v) is 17.8. The van der Waals surface area contributed by atoms with Crippen molar-refractivity contribution in [2.75, 3.05) is 0 Å². The topological polar surface area (TPSA) is 63.3 Å². The van der Waals surface area contributed by atoms with Crippen molar-refractivity contribution in [3.8, 4) is 22.4 Å². The number of carbonyl (C=O) groups excluding carboxylic acids is 1. The molecule has 0 fully saturated rings. The van der Waals surface area contributed by atoms with Gasteiger partial charge < -0.3 is 9.52 Å². The Hall–Kier alpha value is -3.53. The molecule has 1 radical (unpaired) electrons. The predicted octanol–water partition coefficient (Wildman–Crippen LogP) is 12.5. The van der Waals surface area contributed by atoms with Gasteiger partial charge in [0.15, 0.2) is 11.4 Å². The Bertz CT molecular complexity index is 1830. The number of aliphatic hydroxyl groups excluding tert-OH is 1. The number of pyridine rings is 1. The molecule has 49 heavy (non-hydrogen) atoms. The van der Waals surface area contributed by atoms with Gasteiger partial charge in [-0.25, -0.2) is 0 Å². The van der Waals surface area contributed by atoms with Gasteiger partial charge in [-0.1, -0.05) is 122 Å². The van der Waals surface area contributed by atoms with Crippen molar-refractivity contribution in [2.24, 2.45) is 17.8 Å². The number of aliphatic hydroxyl groups is 1. The number of nitrogens with zero attached hydrogens (tertiary/aromatic N) is 1. The molecular weight excluding hydrogens is 783 g/mol. The molecule has 5 rings (SSSR count). The Morgan fingerprint density at radius 1 is 0.898 bits per heavy atom. The summed E-state index contributed by atoms with van der Waals surface area (Å²) in [5.74, 6) is 1.19. The maximum atomic E-state index is 11.7. The van der Waals surface area contributed by atoms with E-state index in [0.717, 1.165) is 71.0 Å². The fraction of sp³-hybridized carbons (Fsp3) is 0.409. The van der Waals surface area contributed by atoms with Gasteiger partial charge in [-0.15, -0.1) is 29.1 Å². The largest absolute Gasteiger partial charge is 0.512 e. The molecule has 0 saturated heterocycles. The van der Waals surface area contributed by atoms with Crippen LogP contribution in [0.25, 0.3) is 44.3 Å². The van der Waals surface area contributed by atoms with Crippen LogP contribution in [-0.4, -0.2) is 15.9 Å². The van der Waals surface area contributed by atoms with Gasteiger partial charge in [0.05, 0.1) is 12.0 Å². The van der Waals surface area contributed by atoms with Crippen molar-refractivity contribution in [1.29, 1.82) is 0 Å². The third kappa shape index (κ3) is 10.0. The Kier molecular flexibility index (Phi) is 14.6. The van der Waals surface area contributed by atoms with Crippen LogP contribution in [0.4, 0.5) is 0 Å². The molecule has 0 saturated carbocycles. The van der Waals surface area contributed by atoms with Crippen LogP contribution >= 0.6 is 0 Å². The first-order valence-electron chi connectivity index (χ1n) is 17.8. The van der Waals surface area contributed by atoms with E-state index < -0.39 is 0 Å². The number of benzene rings is 3. The minimum Gasteiger partial charge on any atom is -0.512 e. The van der Waals surface area contributed by atoms with E-state index in [1.807, 2.05) is 33.8 Å². The summed E-state index contributed by atoms with van der Waals surface area (Å²) in [6.45, 7) is 19.4. The third-order valence-corrected chi connectivity index (χ3v) is 9.26. The molecule has 0 aliphatic rings. The number of ketones is 1. The van der Waals surface area contributed by atoms with Gasteiger partial charge >= 0.3 is 0 Å². The fourth-order valence-corrected chi connectivity index (χ4v) is 6.37. The van der Waals surface area contributed by atoms with Crippen molar-refractivity contribution >= 4 is 27.7 Å². The normalized spacial score (nSPS) is 12.0. The number of carbonyl (C=O) groups is 1. The molecule has 2 aromatic heterocycles. The molecule has 0 atom stereocenters. The summed E-state index contributed by atoms with van der Waals surface area (Å²) < 4.78 is 5.86. The summed E-state index contributed by atoms with van der Waals surface area (Å²) in [6, 6.07) is 27.3. The van der Waals surface area contributed by atoms with E-state index in [2.05, 4.69) is 101 Å². The SMILES string of the molecule is CC(C)Cc1ccc(-c2cc(-c3[c-]c4ccccc4c(C(C)(C)C)c3)nc3ccoc23)cc1.CCC(CC)C(=O)/C=C(\O)C(CC)CC.[Ir]. The van der Waals surface area contributed by atoms with Gasteiger partial charge in [-0.2, -0.15) is 0 Å². The van der Waals surface area contributed by atoms with Gasteiger partial charge in [0, 0.05) is 55.3 Å². The number of furan rings is 1. The Morgan fingerprint density at radius 3 is 2.12 bits per heavy atom. The van der Waals surface area contributed by atoms with Crippen molar-refractivity contribution in [2.45, 2.75) is 99.8 Å². The van der Waals surface area contributed by atoms with Crippen molar-refractivity contribution in [3.63, 3.8) is 0 Å². The quantitative estimate of drug-likeness (QED) is 0.0818. The number of fused-ring (bicyclic) bond motifs is 2. The van der Waals surface area contributed by atoms with E-state index in [4.69, 9.17) is 9.40 Å². The Labute approximate surface area is 307 Å². The minimum atomic E-state index is 0. The second-order valence-electron chi connectivity index (χ2n) is 14.4. The molecule has 0 aliphatic heterocycles. The molecular formula is C44H54IrNO3-. The molecule has 0 unspecified atom stereocenters. The van der Waals surface area contributed by atoms with E-state index in [-0.39, 0.29) is 48.9 Å². The number of aromatic nitrogens is 1. The molecule has 263 valence electrons. The summed E-state index contributed by atoms with van der Waals surface area (Å²) in [6.07, 6.45) is 7.71. The molecule has 3 aromatic carbocycles. The fourth-order valence-electron chi connectivity index (χ4n) is 6.37. The number of hydrogen-bond acceptors (Lipinski definition) is 4. The number of hydrogen-bond donors (Lipinski definition) is 1. The van der Waals surface area contributed by atoms with Gasteiger partial charge in [0.1, 0.15) is 5.52 Å². The Balaban J connectivity index is 0.000000347. The van der Waals surface area contributed by atoms with Gasteiger partial charge in [-0.05, 0) is 54.6 Å². The van der Waals surface area contributed by atoms with Gasteiger partial charge in [-0.3, -0.25) is 9.78 Å². The number of allylic oxidation sites excluding steroid dienone is 2. The summed E-state index contributed by atoms with van der Waals surface area (Å²) in [5.41, 5.74) is 8.51. The van der Waals surface area contributed by atoms with Crippen molar-refractivity contribution in [3.05, 3.63) is 102 Å². The summed E-state index contributed by atoms with van der Waals surface area (Å²) in [7, 11) is 0. The second kappa shape index (κ2) is 17.9. The van der Waals surface area contributed by atoms with Crippen LogP contribution in [0.2, 0.25) is 0 Å². The zero-order valence-corrected chi connectivity index (χ0v) is 33.2. The maximum Gasteiger partial charge on any atom is 0.162 e. The average molecular weight is 837 g/mol. The van der Waals surface area contributed by atoms with Crippen LogP contribution in [0.3, 0.4) is 0 Å². The van der Waals surface area contributed by atoms with Crippen LogP contribution in [0.5, 0.6) is 0 Å². The summed E-state index contributed by atoms with van der Waals surface area (Å²) >= 11 is 0. The van der Waals surface area contributed by atoms with E-state index in [9.17, 15) is 9.90 Å². The summed E-state index contributed by atoms with van der Waals surface area (Å²) in [5, 5.41) is 12.1. The minimum absolute atomic E-state index is 0. The van der Waals surface area contributed by atoms with Crippen LogP contribution < -0.4 is 0 Å². The van der Waals surface area contributed by atoms with E-state index in [1.54, 1.807) is 6.26 Å². The molecule has 2 heterocycles. The van der Waals surface area contributed by atoms with E-state index >= 15 is 0 Å². The molecule has 0 amide bonds. The van der Waals surface area contributed by atoms with Crippen LogP contribution in [0.15, 0.2) is 89.2 Å². The van der Waals surface area contributed by atoms with Gasteiger partial charge in [0.25, 0.3) is 0 Å². The van der Waals surface area contributed by atoms with E-state index in [1.165, 1.54) is 22.6 Å². The Morgan fingerprint density at radius 2 is 1.53 bits per heavy atom. The monoisotopic (exact) mass is 837 g/mol. The summed E-state index contributed by atoms with van der Waals surface area (Å²) in [4.78, 5) is 16.7. The molecule has 0 aliphatic carbocycles. The number of rotatable bonds is 11. The zero-order chi connectivity index (χ0) is 35.0. The molecule has 4 nitrogen and oxygen atoms in total. The van der Waals surface area contributed by atoms with Crippen LogP contribution in [0, 0.1) is 23.8 Å². The predicted molar refractivity (Wildman–Crippen MR) is 202 cm³/mol. The van der Waals surface area contributed by atoms with Crippen LogP contribution in [-0.2, 0) is 36.7 Å².